The van der Waals surface area contributed by atoms with Crippen molar-refractivity contribution in [3.05, 3.63) is 30.0 Å². The van der Waals surface area contributed by atoms with Crippen LogP contribution in [0.4, 0.5) is 0 Å². The van der Waals surface area contributed by atoms with Crippen molar-refractivity contribution < 1.29 is 0 Å². The topological polar surface area (TPSA) is 3.24 Å². The Morgan fingerprint density at radius 2 is 1.67 bits per heavy atom. The van der Waals surface area contributed by atoms with Crippen molar-refractivity contribution in [1.82, 2.24) is 4.90 Å². The predicted molar refractivity (Wildman–Crippen MR) is 38.5 cm³/mol. The van der Waals surface area contributed by atoms with Crippen LogP contribution >= 0.6 is 0 Å². The first-order valence-electron chi connectivity index (χ1n) is 3.04. The quantitative estimate of drug-likeness (QED) is 0.472. The number of allylic oxidation sites excluding steroid dienone is 2. The molecule has 48 valence electrons. The molecule has 0 N–H and O–H groups in total. The number of hydrogen-bond donors (Lipinski definition) is 0. The number of rotatable bonds is 0. The van der Waals surface area contributed by atoms with E-state index in [1.54, 1.807) is 0 Å². The smallest absolute Gasteiger partial charge is 0.0437 e. The Morgan fingerprint density at radius 1 is 1.22 bits per heavy atom. The summed E-state index contributed by atoms with van der Waals surface area (Å²) in [6.07, 6.45) is 7.29. The van der Waals surface area contributed by atoms with Crippen molar-refractivity contribution >= 4 is 0 Å². The molecule has 1 rings (SSSR count). The highest BCUT2D eigenvalue weighted by molar-refractivity contribution is 5.30. The van der Waals surface area contributed by atoms with E-state index in [1.165, 1.54) is 11.1 Å². The molecule has 1 heterocycles. The van der Waals surface area contributed by atoms with E-state index >= 15 is 0 Å². The Morgan fingerprint density at radius 3 is 2.00 bits per heavy atom. The Kier molecular flexibility index (Phi) is 1.60. The van der Waals surface area contributed by atoms with Crippen molar-refractivity contribution in [3.8, 4) is 0 Å². The van der Waals surface area contributed by atoms with Crippen LogP contribution in [0.5, 0.6) is 0 Å². The SMILES string of the molecule is CC1=CN(C)C=C(C)[C]1. The molecule has 0 unspecified atom stereocenters. The lowest BCUT2D eigenvalue weighted by Gasteiger charge is -2.16. The van der Waals surface area contributed by atoms with Gasteiger partial charge in [0.1, 0.15) is 0 Å². The summed E-state index contributed by atoms with van der Waals surface area (Å²) in [4.78, 5) is 2.04. The van der Waals surface area contributed by atoms with E-state index in [1.807, 2.05) is 38.2 Å². The third kappa shape index (κ3) is 1.60. The third-order valence-corrected chi connectivity index (χ3v) is 1.19. The summed E-state index contributed by atoms with van der Waals surface area (Å²) in [6.45, 7) is 4.10. The van der Waals surface area contributed by atoms with Crippen LogP contribution in [0, 0.1) is 6.42 Å². The van der Waals surface area contributed by atoms with Gasteiger partial charge in [-0.05, 0) is 25.0 Å². The summed E-state index contributed by atoms with van der Waals surface area (Å²) in [5.41, 5.74) is 2.38. The zero-order valence-corrected chi connectivity index (χ0v) is 6.10. The second-order valence-electron chi connectivity index (χ2n) is 2.41. The third-order valence-electron chi connectivity index (χ3n) is 1.19. The highest BCUT2D eigenvalue weighted by Gasteiger charge is 2.01. The molecule has 0 amide bonds. The molecule has 0 saturated carbocycles. The van der Waals surface area contributed by atoms with Gasteiger partial charge in [-0.3, -0.25) is 0 Å². The Bertz CT molecular complexity index is 147. The minimum absolute atomic E-state index is 1.19. The average Bonchev–Trinajstić information content (AvgIpc) is 1.59. The molecule has 9 heavy (non-hydrogen) atoms. The molecule has 1 aliphatic rings. The summed E-state index contributed by atoms with van der Waals surface area (Å²) in [6, 6.07) is 0. The average molecular weight is 121 g/mol. The highest BCUT2D eigenvalue weighted by atomic mass is 15.1. The lowest BCUT2D eigenvalue weighted by Crippen LogP contribution is -2.07. The van der Waals surface area contributed by atoms with Gasteiger partial charge in [-0.2, -0.15) is 0 Å². The fraction of sp³-hybridized carbons (Fsp3) is 0.375. The standard InChI is InChI=1S/C8H11N/c1-7-4-8(2)6-9(3)5-7/h5-6H,1-3H3. The summed E-state index contributed by atoms with van der Waals surface area (Å²) < 4.78 is 0. The maximum Gasteiger partial charge on any atom is 0.0437 e. The first-order valence-corrected chi connectivity index (χ1v) is 3.04. The minimum Gasteiger partial charge on any atom is -0.357 e. The lowest BCUT2D eigenvalue weighted by atomic mass is 10.1. The van der Waals surface area contributed by atoms with Crippen LogP contribution in [-0.4, -0.2) is 11.9 Å². The fourth-order valence-corrected chi connectivity index (χ4v) is 1.02. The van der Waals surface area contributed by atoms with Gasteiger partial charge in [-0.25, -0.2) is 0 Å². The van der Waals surface area contributed by atoms with Crippen molar-refractivity contribution in [3.63, 3.8) is 0 Å². The molecule has 1 nitrogen and oxygen atoms in total. The van der Waals surface area contributed by atoms with Crippen LogP contribution < -0.4 is 0 Å². The van der Waals surface area contributed by atoms with Gasteiger partial charge in [0.15, 0.2) is 0 Å². The zero-order valence-electron chi connectivity index (χ0n) is 6.10. The Hall–Kier alpha value is -0.720. The first-order chi connectivity index (χ1) is 4.18. The molecule has 1 heteroatoms. The van der Waals surface area contributed by atoms with Gasteiger partial charge in [0, 0.05) is 25.9 Å². The maximum atomic E-state index is 3.19. The normalized spacial score (nSPS) is 19.2. The molecule has 0 aromatic heterocycles. The highest BCUT2D eigenvalue weighted by Crippen LogP contribution is 2.14. The van der Waals surface area contributed by atoms with E-state index in [0.717, 1.165) is 0 Å². The molecule has 0 aliphatic carbocycles. The Labute approximate surface area is 56.7 Å². The van der Waals surface area contributed by atoms with Crippen molar-refractivity contribution in [2.75, 3.05) is 7.05 Å². The van der Waals surface area contributed by atoms with Crippen LogP contribution in [0.3, 0.4) is 0 Å². The van der Waals surface area contributed by atoms with E-state index in [-0.39, 0.29) is 0 Å². The second kappa shape index (κ2) is 2.26. The van der Waals surface area contributed by atoms with Crippen LogP contribution in [0.15, 0.2) is 23.5 Å². The van der Waals surface area contributed by atoms with E-state index in [2.05, 4.69) is 6.42 Å². The van der Waals surface area contributed by atoms with Crippen molar-refractivity contribution in [1.29, 1.82) is 0 Å². The van der Waals surface area contributed by atoms with Crippen molar-refractivity contribution in [2.45, 2.75) is 13.8 Å². The summed E-state index contributed by atoms with van der Waals surface area (Å²) in [7, 11) is 2.02. The van der Waals surface area contributed by atoms with Gasteiger partial charge in [0.25, 0.3) is 0 Å². The number of nitrogens with zero attached hydrogens (tertiary/aromatic N) is 1. The molecular weight excluding hydrogens is 110 g/mol. The minimum atomic E-state index is 1.19. The van der Waals surface area contributed by atoms with Gasteiger partial charge in [-0.1, -0.05) is 0 Å². The van der Waals surface area contributed by atoms with Gasteiger partial charge < -0.3 is 4.90 Å². The molecule has 0 bridgehead atoms. The zero-order chi connectivity index (χ0) is 6.85. The van der Waals surface area contributed by atoms with E-state index < -0.39 is 0 Å². The molecule has 1 aliphatic heterocycles. The van der Waals surface area contributed by atoms with E-state index in [0.29, 0.717) is 0 Å². The van der Waals surface area contributed by atoms with Gasteiger partial charge in [0.05, 0.1) is 0 Å². The molecule has 0 spiro atoms. The van der Waals surface area contributed by atoms with Gasteiger partial charge in [-0.15, -0.1) is 0 Å². The first kappa shape index (κ1) is 6.40. The molecule has 0 saturated heterocycles. The predicted octanol–water partition coefficient (Wildman–Crippen LogP) is 1.82. The molecule has 0 atom stereocenters. The number of hydrogen-bond acceptors (Lipinski definition) is 1. The van der Waals surface area contributed by atoms with E-state index in [4.69, 9.17) is 0 Å². The van der Waals surface area contributed by atoms with Crippen LogP contribution in [0.25, 0.3) is 0 Å². The largest absolute Gasteiger partial charge is 0.357 e. The van der Waals surface area contributed by atoms with Gasteiger partial charge >= 0.3 is 0 Å². The molecule has 2 radical (unpaired) electrons. The summed E-state index contributed by atoms with van der Waals surface area (Å²) in [5, 5.41) is 0. The molecule has 0 fully saturated rings. The maximum absolute atomic E-state index is 3.19. The fourth-order valence-electron chi connectivity index (χ4n) is 1.02. The van der Waals surface area contributed by atoms with Crippen LogP contribution in [0.1, 0.15) is 13.8 Å². The molecule has 0 aromatic rings. The Balaban J connectivity index is 2.69. The van der Waals surface area contributed by atoms with Crippen molar-refractivity contribution in [2.24, 2.45) is 0 Å². The summed E-state index contributed by atoms with van der Waals surface area (Å²) >= 11 is 0. The lowest BCUT2D eigenvalue weighted by molar-refractivity contribution is 0.605. The van der Waals surface area contributed by atoms with E-state index in [9.17, 15) is 0 Å². The second-order valence-corrected chi connectivity index (χ2v) is 2.41. The summed E-state index contributed by atoms with van der Waals surface area (Å²) in [5.74, 6) is 0. The van der Waals surface area contributed by atoms with Gasteiger partial charge in [0.2, 0.25) is 0 Å². The van der Waals surface area contributed by atoms with Crippen LogP contribution in [0.2, 0.25) is 0 Å². The van der Waals surface area contributed by atoms with Crippen LogP contribution in [-0.2, 0) is 0 Å². The molecule has 0 aromatic carbocycles. The monoisotopic (exact) mass is 121 g/mol. The molecular formula is C8H11N.